The summed E-state index contributed by atoms with van der Waals surface area (Å²) in [6.07, 6.45) is 3.09. The van der Waals surface area contributed by atoms with Gasteiger partial charge >= 0.3 is 6.03 Å². The molecule has 1 aromatic heterocycles. The van der Waals surface area contributed by atoms with Crippen LogP contribution in [0.1, 0.15) is 23.2 Å². The Morgan fingerprint density at radius 2 is 1.95 bits per heavy atom. The van der Waals surface area contributed by atoms with E-state index in [2.05, 4.69) is 20.9 Å². The van der Waals surface area contributed by atoms with Crippen LogP contribution in [0.15, 0.2) is 30.5 Å². The number of pyridine rings is 1. The van der Waals surface area contributed by atoms with Gasteiger partial charge in [-0.1, -0.05) is 11.6 Å². The smallest absolute Gasteiger partial charge is 0.319 e. The molecule has 1 fully saturated rings. The van der Waals surface area contributed by atoms with E-state index in [-0.39, 0.29) is 28.8 Å². The van der Waals surface area contributed by atoms with Crippen LogP contribution in [0.25, 0.3) is 10.9 Å². The maximum Gasteiger partial charge on any atom is 0.319 e. The third-order valence-corrected chi connectivity index (χ3v) is 5.97. The van der Waals surface area contributed by atoms with Gasteiger partial charge in [0.1, 0.15) is 16.5 Å². The highest BCUT2D eigenvalue weighted by Gasteiger charge is 2.26. The van der Waals surface area contributed by atoms with Gasteiger partial charge in [-0.15, -0.1) is 0 Å². The summed E-state index contributed by atoms with van der Waals surface area (Å²) in [4.78, 5) is 31.0. The van der Waals surface area contributed by atoms with Gasteiger partial charge in [-0.25, -0.2) is 13.6 Å². The lowest BCUT2D eigenvalue weighted by molar-refractivity contribution is 0.0948. The van der Waals surface area contributed by atoms with Crippen LogP contribution in [0, 0.1) is 11.6 Å². The molecule has 1 aliphatic rings. The summed E-state index contributed by atoms with van der Waals surface area (Å²) in [7, 11) is 5.19. The molecule has 196 valence electrons. The number of hydrogen-bond acceptors (Lipinski definition) is 6. The highest BCUT2D eigenvalue weighted by Crippen LogP contribution is 2.39. The van der Waals surface area contributed by atoms with Gasteiger partial charge in [-0.3, -0.25) is 9.78 Å². The van der Waals surface area contributed by atoms with Crippen molar-refractivity contribution >= 4 is 40.1 Å². The number of ether oxygens (including phenoxy) is 2. The molecule has 0 radical (unpaired) electrons. The molecule has 0 unspecified atom stereocenters. The minimum absolute atomic E-state index is 0.0380. The Balaban J connectivity index is 1.65. The largest absolute Gasteiger partial charge is 0.496 e. The maximum atomic E-state index is 15.1. The lowest BCUT2D eigenvalue weighted by atomic mass is 10.1. The molecule has 12 heteroatoms. The van der Waals surface area contributed by atoms with Crippen molar-refractivity contribution in [2.45, 2.75) is 18.9 Å². The molecular formula is C25H26ClF2N5O4. The third-order valence-electron chi connectivity index (χ3n) is 5.60. The Labute approximate surface area is 217 Å². The fraction of sp³-hybridized carbons (Fsp3) is 0.320. The molecule has 3 aromatic rings. The summed E-state index contributed by atoms with van der Waals surface area (Å²) < 4.78 is 41.0. The average Bonchev–Trinajstić information content (AvgIpc) is 3.67. The van der Waals surface area contributed by atoms with Gasteiger partial charge in [-0.05, 0) is 39.1 Å². The van der Waals surface area contributed by atoms with E-state index in [9.17, 15) is 14.0 Å². The molecule has 0 spiro atoms. The molecule has 1 heterocycles. The van der Waals surface area contributed by atoms with Crippen molar-refractivity contribution in [3.05, 3.63) is 52.7 Å². The normalized spacial score (nSPS) is 12.9. The zero-order chi connectivity index (χ0) is 26.7. The van der Waals surface area contributed by atoms with Crippen molar-refractivity contribution in [1.29, 1.82) is 0 Å². The topological polar surface area (TPSA) is 105 Å². The third kappa shape index (κ3) is 6.17. The van der Waals surface area contributed by atoms with E-state index in [1.807, 2.05) is 19.0 Å². The fourth-order valence-electron chi connectivity index (χ4n) is 3.52. The molecule has 4 rings (SSSR count). The number of anilines is 1. The number of nitrogens with zero attached hydrogens (tertiary/aromatic N) is 2. The summed E-state index contributed by atoms with van der Waals surface area (Å²) >= 11 is 6.08. The summed E-state index contributed by atoms with van der Waals surface area (Å²) in [6, 6.07) is 4.75. The minimum atomic E-state index is -1.19. The van der Waals surface area contributed by atoms with Crippen molar-refractivity contribution in [3.63, 3.8) is 0 Å². The summed E-state index contributed by atoms with van der Waals surface area (Å²) in [5.74, 6) is -3.11. The minimum Gasteiger partial charge on any atom is -0.496 e. The molecule has 0 saturated heterocycles. The summed E-state index contributed by atoms with van der Waals surface area (Å²) in [5, 5.41) is 7.61. The number of halogens is 3. The van der Waals surface area contributed by atoms with Gasteiger partial charge in [0, 0.05) is 42.8 Å². The van der Waals surface area contributed by atoms with E-state index < -0.39 is 34.3 Å². The lowest BCUT2D eigenvalue weighted by Crippen LogP contribution is -2.31. The van der Waals surface area contributed by atoms with Gasteiger partial charge < -0.3 is 30.3 Å². The van der Waals surface area contributed by atoms with E-state index >= 15 is 4.39 Å². The number of likely N-dealkylation sites (N-methyl/N-ethyl adjacent to an activating group) is 1. The van der Waals surface area contributed by atoms with Gasteiger partial charge in [0.05, 0.1) is 23.9 Å². The lowest BCUT2D eigenvalue weighted by Gasteiger charge is -2.16. The van der Waals surface area contributed by atoms with Crippen molar-refractivity contribution in [1.82, 2.24) is 20.5 Å². The molecule has 1 aliphatic carbocycles. The van der Waals surface area contributed by atoms with Gasteiger partial charge in [0.15, 0.2) is 17.4 Å². The average molecular weight is 534 g/mol. The van der Waals surface area contributed by atoms with E-state index in [0.29, 0.717) is 24.0 Å². The maximum absolute atomic E-state index is 15.1. The van der Waals surface area contributed by atoms with Crippen molar-refractivity contribution < 1.29 is 27.8 Å². The highest BCUT2D eigenvalue weighted by molar-refractivity contribution is 6.34. The first-order chi connectivity index (χ1) is 17.7. The van der Waals surface area contributed by atoms with Crippen LogP contribution in [0.4, 0.5) is 19.3 Å². The monoisotopic (exact) mass is 533 g/mol. The van der Waals surface area contributed by atoms with E-state index in [1.54, 1.807) is 0 Å². The highest BCUT2D eigenvalue weighted by atomic mass is 35.5. The molecular weight excluding hydrogens is 508 g/mol. The van der Waals surface area contributed by atoms with Crippen LogP contribution < -0.4 is 25.4 Å². The molecule has 3 N–H and O–H groups in total. The molecule has 0 atom stereocenters. The molecule has 0 aliphatic heterocycles. The molecule has 1 saturated carbocycles. The Hall–Kier alpha value is -3.70. The van der Waals surface area contributed by atoms with Crippen molar-refractivity contribution in [2.24, 2.45) is 0 Å². The van der Waals surface area contributed by atoms with Crippen LogP contribution in [0.2, 0.25) is 5.02 Å². The first kappa shape index (κ1) is 26.4. The number of aromatic nitrogens is 1. The number of rotatable bonds is 9. The molecule has 0 bridgehead atoms. The predicted octanol–water partition coefficient (Wildman–Crippen LogP) is 4.54. The number of benzene rings is 2. The first-order valence-electron chi connectivity index (χ1n) is 11.5. The molecule has 37 heavy (non-hydrogen) atoms. The zero-order valence-corrected chi connectivity index (χ0v) is 21.2. The number of methoxy groups -OCH3 is 1. The second-order valence-corrected chi connectivity index (χ2v) is 9.15. The van der Waals surface area contributed by atoms with Gasteiger partial charge in [0.2, 0.25) is 0 Å². The van der Waals surface area contributed by atoms with E-state index in [4.69, 9.17) is 21.1 Å². The molecule has 3 amide bonds. The number of hydrogen-bond donors (Lipinski definition) is 3. The Morgan fingerprint density at radius 1 is 1.19 bits per heavy atom. The quantitative estimate of drug-likeness (QED) is 0.349. The van der Waals surface area contributed by atoms with Gasteiger partial charge in [0.25, 0.3) is 5.91 Å². The second kappa shape index (κ2) is 11.1. The van der Waals surface area contributed by atoms with Crippen LogP contribution in [0.5, 0.6) is 17.2 Å². The number of amides is 3. The number of carbonyl (C=O) groups is 2. The number of carbonyl (C=O) groups excluding carboxylic acids is 2. The van der Waals surface area contributed by atoms with E-state index in [0.717, 1.165) is 18.9 Å². The Bertz CT molecular complexity index is 1350. The number of urea groups is 1. The predicted molar refractivity (Wildman–Crippen MR) is 136 cm³/mol. The summed E-state index contributed by atoms with van der Waals surface area (Å²) in [5.41, 5.74) is 0.344. The number of fused-ring (bicyclic) bond motifs is 1. The molecule has 2 aromatic carbocycles. The fourth-order valence-corrected chi connectivity index (χ4v) is 3.70. The van der Waals surface area contributed by atoms with Crippen molar-refractivity contribution in [2.75, 3.05) is 39.6 Å². The van der Waals surface area contributed by atoms with Crippen LogP contribution in [-0.4, -0.2) is 62.2 Å². The number of nitrogens with one attached hydrogen (secondary N) is 3. The second-order valence-electron chi connectivity index (χ2n) is 8.78. The standard InChI is InChI=1S/C25H26ClF2N5O4/c1-33(2)9-8-30-24(34)15-10-14-17(12-20(15)36-3)29-7-6-19(14)37-23-16(27)11-18(21(26)22(23)28)32-25(35)31-13-4-5-13/h6-7,10-13H,4-5,8-9H2,1-3H3,(H,30,34)(H2,31,32,35). The van der Waals surface area contributed by atoms with Crippen LogP contribution >= 0.6 is 11.6 Å². The summed E-state index contributed by atoms with van der Waals surface area (Å²) in [6.45, 7) is 1.03. The van der Waals surface area contributed by atoms with Crippen LogP contribution in [-0.2, 0) is 0 Å². The SMILES string of the molecule is COc1cc2nccc(Oc3c(F)cc(NC(=O)NC4CC4)c(Cl)c3F)c2cc1C(=O)NCCN(C)C. The zero-order valence-electron chi connectivity index (χ0n) is 20.5. The first-order valence-corrected chi connectivity index (χ1v) is 11.9. The molecule has 9 nitrogen and oxygen atoms in total. The van der Waals surface area contributed by atoms with Crippen LogP contribution in [0.3, 0.4) is 0 Å². The van der Waals surface area contributed by atoms with Crippen molar-refractivity contribution in [3.8, 4) is 17.2 Å². The Kier molecular flexibility index (Phi) is 7.94. The Morgan fingerprint density at radius 3 is 2.62 bits per heavy atom. The van der Waals surface area contributed by atoms with E-state index in [1.165, 1.54) is 31.5 Å². The van der Waals surface area contributed by atoms with Gasteiger partial charge in [-0.2, -0.15) is 0 Å².